The minimum atomic E-state index is -0.829. The van der Waals surface area contributed by atoms with Crippen molar-refractivity contribution in [3.05, 3.63) is 47.0 Å². The summed E-state index contributed by atoms with van der Waals surface area (Å²) >= 11 is 0. The Labute approximate surface area is 138 Å². The molecular weight excluding hydrogens is 306 g/mol. The molecule has 0 spiro atoms. The summed E-state index contributed by atoms with van der Waals surface area (Å²) in [5, 5.41) is 26.8. The van der Waals surface area contributed by atoms with Gasteiger partial charge in [0.15, 0.2) is 5.82 Å². The highest BCUT2D eigenvalue weighted by Crippen LogP contribution is 2.34. The molecule has 4 N–H and O–H groups in total. The van der Waals surface area contributed by atoms with Crippen molar-refractivity contribution in [1.82, 2.24) is 10.2 Å². The monoisotopic (exact) mass is 321 g/mol. The highest BCUT2D eigenvalue weighted by molar-refractivity contribution is 5.78. The second-order valence-electron chi connectivity index (χ2n) is 5.55. The van der Waals surface area contributed by atoms with E-state index in [9.17, 15) is 9.90 Å². The molecule has 1 atom stereocenters. The van der Waals surface area contributed by atoms with Gasteiger partial charge in [0, 0.05) is 11.1 Å². The van der Waals surface area contributed by atoms with Gasteiger partial charge in [-0.3, -0.25) is 4.79 Å². The van der Waals surface area contributed by atoms with Crippen molar-refractivity contribution in [2.45, 2.75) is 13.3 Å². The first-order valence-corrected chi connectivity index (χ1v) is 7.33. The number of phenols is 1. The van der Waals surface area contributed by atoms with Gasteiger partial charge in [-0.15, -0.1) is 10.2 Å². The smallest absolute Gasteiger partial charge is 0.311 e. The number of hydrogen-bond acceptors (Lipinski definition) is 5. The SMILES string of the molecule is CC1=C(C#Cc2cc(-c3ccccc3O)nnc2N)CC1C(=O)O. The number of carboxylic acid groups (broad SMARTS) is 1. The summed E-state index contributed by atoms with van der Waals surface area (Å²) in [5.74, 6) is 4.89. The third-order valence-electron chi connectivity index (χ3n) is 4.06. The Morgan fingerprint density at radius 1 is 1.29 bits per heavy atom. The van der Waals surface area contributed by atoms with E-state index in [0.717, 1.165) is 11.1 Å². The van der Waals surface area contributed by atoms with Crippen LogP contribution >= 0.6 is 0 Å². The number of carboxylic acids is 1. The van der Waals surface area contributed by atoms with Gasteiger partial charge in [0.05, 0.1) is 17.2 Å². The van der Waals surface area contributed by atoms with E-state index in [-0.39, 0.29) is 11.6 Å². The van der Waals surface area contributed by atoms with E-state index >= 15 is 0 Å². The topological polar surface area (TPSA) is 109 Å². The Morgan fingerprint density at radius 3 is 2.71 bits per heavy atom. The molecule has 6 heteroatoms. The van der Waals surface area contributed by atoms with Crippen LogP contribution in [0.25, 0.3) is 11.3 Å². The molecule has 0 bridgehead atoms. The zero-order valence-corrected chi connectivity index (χ0v) is 12.9. The number of nitrogens with zero attached hydrogens (tertiary/aromatic N) is 2. The van der Waals surface area contributed by atoms with Gasteiger partial charge in [0.25, 0.3) is 0 Å². The molecule has 1 aromatic heterocycles. The van der Waals surface area contributed by atoms with Gasteiger partial charge >= 0.3 is 5.97 Å². The molecule has 24 heavy (non-hydrogen) atoms. The highest BCUT2D eigenvalue weighted by Gasteiger charge is 2.31. The lowest BCUT2D eigenvalue weighted by Crippen LogP contribution is -2.24. The number of aliphatic carboxylic acids is 1. The predicted molar refractivity (Wildman–Crippen MR) is 88.9 cm³/mol. The van der Waals surface area contributed by atoms with E-state index in [2.05, 4.69) is 22.0 Å². The molecule has 0 saturated carbocycles. The Kier molecular flexibility index (Phi) is 3.92. The molecule has 120 valence electrons. The van der Waals surface area contributed by atoms with Gasteiger partial charge in [0.2, 0.25) is 0 Å². The van der Waals surface area contributed by atoms with Crippen molar-refractivity contribution in [2.75, 3.05) is 5.73 Å². The molecule has 1 aliphatic rings. The fourth-order valence-corrected chi connectivity index (χ4v) is 2.49. The highest BCUT2D eigenvalue weighted by atomic mass is 16.4. The molecule has 0 saturated heterocycles. The number of para-hydroxylation sites is 1. The van der Waals surface area contributed by atoms with Crippen LogP contribution in [-0.2, 0) is 4.79 Å². The minimum Gasteiger partial charge on any atom is -0.507 e. The van der Waals surface area contributed by atoms with Crippen LogP contribution in [0.15, 0.2) is 41.5 Å². The molecule has 2 aromatic rings. The number of phenolic OH excluding ortho intramolecular Hbond substituents is 1. The van der Waals surface area contributed by atoms with Crippen LogP contribution in [0.3, 0.4) is 0 Å². The summed E-state index contributed by atoms with van der Waals surface area (Å²) in [4.78, 5) is 11.0. The summed E-state index contributed by atoms with van der Waals surface area (Å²) < 4.78 is 0. The molecule has 3 rings (SSSR count). The number of benzene rings is 1. The number of rotatable bonds is 2. The molecule has 1 aromatic carbocycles. The van der Waals surface area contributed by atoms with E-state index in [4.69, 9.17) is 10.8 Å². The number of aromatic nitrogens is 2. The van der Waals surface area contributed by atoms with Gasteiger partial charge in [-0.25, -0.2) is 0 Å². The first kappa shape index (κ1) is 15.6. The summed E-state index contributed by atoms with van der Waals surface area (Å²) in [6, 6.07) is 8.45. The standard InChI is InChI=1S/C18H15N3O3/c1-10-11(8-14(10)18(23)24)6-7-12-9-15(20-21-17(12)19)13-4-2-3-5-16(13)22/h2-5,9,14,22H,8H2,1H3,(H2,19,21)(H,23,24). The first-order valence-electron chi connectivity index (χ1n) is 7.33. The Bertz CT molecular complexity index is 923. The van der Waals surface area contributed by atoms with E-state index in [1.165, 1.54) is 0 Å². The van der Waals surface area contributed by atoms with E-state index in [1.54, 1.807) is 37.3 Å². The lowest BCUT2D eigenvalue weighted by molar-refractivity contribution is -0.140. The quantitative estimate of drug-likeness (QED) is 0.732. The fourth-order valence-electron chi connectivity index (χ4n) is 2.49. The molecule has 6 nitrogen and oxygen atoms in total. The average Bonchev–Trinajstić information content (AvgIpc) is 2.55. The molecule has 1 aliphatic carbocycles. The zero-order valence-electron chi connectivity index (χ0n) is 12.9. The van der Waals surface area contributed by atoms with Gasteiger partial charge in [-0.1, -0.05) is 24.0 Å². The minimum absolute atomic E-state index is 0.0947. The molecule has 0 amide bonds. The van der Waals surface area contributed by atoms with Crippen molar-refractivity contribution in [3.8, 4) is 28.8 Å². The average molecular weight is 321 g/mol. The van der Waals surface area contributed by atoms with Crippen LogP contribution in [0, 0.1) is 17.8 Å². The molecule has 0 radical (unpaired) electrons. The van der Waals surface area contributed by atoms with Crippen LogP contribution in [-0.4, -0.2) is 26.4 Å². The summed E-state index contributed by atoms with van der Waals surface area (Å²) in [6.07, 6.45) is 0.429. The van der Waals surface area contributed by atoms with Gasteiger partial charge in [0.1, 0.15) is 5.75 Å². The van der Waals surface area contributed by atoms with Crippen molar-refractivity contribution in [2.24, 2.45) is 5.92 Å². The van der Waals surface area contributed by atoms with Crippen LogP contribution in [0.4, 0.5) is 5.82 Å². The van der Waals surface area contributed by atoms with E-state index in [0.29, 0.717) is 23.2 Å². The van der Waals surface area contributed by atoms with Crippen LogP contribution in [0.2, 0.25) is 0 Å². The maximum atomic E-state index is 11.0. The second-order valence-corrected chi connectivity index (χ2v) is 5.55. The molecule has 1 unspecified atom stereocenters. The maximum Gasteiger partial charge on any atom is 0.311 e. The number of aromatic hydroxyl groups is 1. The number of carbonyl (C=O) groups is 1. The number of anilines is 1. The molecule has 1 heterocycles. The van der Waals surface area contributed by atoms with Crippen molar-refractivity contribution in [1.29, 1.82) is 0 Å². The maximum absolute atomic E-state index is 11.0. The third kappa shape index (κ3) is 2.79. The normalized spacial score (nSPS) is 16.1. The lowest BCUT2D eigenvalue weighted by atomic mass is 9.78. The van der Waals surface area contributed by atoms with Crippen LogP contribution < -0.4 is 5.73 Å². The molecule has 0 aliphatic heterocycles. The fraction of sp³-hybridized carbons (Fsp3) is 0.167. The zero-order chi connectivity index (χ0) is 17.3. The van der Waals surface area contributed by atoms with Crippen molar-refractivity contribution >= 4 is 11.8 Å². The van der Waals surface area contributed by atoms with Gasteiger partial charge in [-0.2, -0.15) is 0 Å². The molecule has 0 fully saturated rings. The predicted octanol–water partition coefficient (Wildman–Crippen LogP) is 2.20. The van der Waals surface area contributed by atoms with Crippen molar-refractivity contribution in [3.63, 3.8) is 0 Å². The number of nitrogen functional groups attached to an aromatic ring is 1. The summed E-state index contributed by atoms with van der Waals surface area (Å²) in [6.45, 7) is 1.77. The summed E-state index contributed by atoms with van der Waals surface area (Å²) in [5.41, 5.74) is 8.89. The lowest BCUT2D eigenvalue weighted by Gasteiger charge is -2.24. The first-order chi connectivity index (χ1) is 11.5. The van der Waals surface area contributed by atoms with Crippen LogP contribution in [0.5, 0.6) is 5.75 Å². The second kappa shape index (κ2) is 6.05. The van der Waals surface area contributed by atoms with E-state index in [1.807, 2.05) is 0 Å². The Hall–Kier alpha value is -3.33. The largest absolute Gasteiger partial charge is 0.507 e. The Balaban J connectivity index is 1.94. The number of nitrogens with two attached hydrogens (primary N) is 1. The third-order valence-corrected chi connectivity index (χ3v) is 4.06. The number of hydrogen-bond donors (Lipinski definition) is 3. The van der Waals surface area contributed by atoms with Gasteiger partial charge < -0.3 is 15.9 Å². The van der Waals surface area contributed by atoms with Crippen LogP contribution in [0.1, 0.15) is 18.9 Å². The van der Waals surface area contributed by atoms with Crippen molar-refractivity contribution < 1.29 is 15.0 Å². The number of allylic oxidation sites excluding steroid dienone is 1. The summed E-state index contributed by atoms with van der Waals surface area (Å²) in [7, 11) is 0. The van der Waals surface area contributed by atoms with E-state index < -0.39 is 11.9 Å². The molecular formula is C18H15N3O3. The Morgan fingerprint density at radius 2 is 2.04 bits per heavy atom. The van der Waals surface area contributed by atoms with Gasteiger partial charge in [-0.05, 0) is 37.1 Å².